The lowest BCUT2D eigenvalue weighted by atomic mass is 10.0. The molecule has 3 amide bonds. The van der Waals surface area contributed by atoms with Crippen LogP contribution in [0.2, 0.25) is 0 Å². The first-order chi connectivity index (χ1) is 12.0. The fourth-order valence-corrected chi connectivity index (χ4v) is 3.05. The Morgan fingerprint density at radius 1 is 1.12 bits per heavy atom. The fourth-order valence-electron chi connectivity index (χ4n) is 3.05. The van der Waals surface area contributed by atoms with Crippen molar-refractivity contribution in [2.24, 2.45) is 5.73 Å². The number of nitrogens with zero attached hydrogens (tertiary/aromatic N) is 1. The van der Waals surface area contributed by atoms with Crippen molar-refractivity contribution in [3.8, 4) is 0 Å². The summed E-state index contributed by atoms with van der Waals surface area (Å²) < 4.78 is 0. The van der Waals surface area contributed by atoms with Crippen LogP contribution in [-0.4, -0.2) is 24.3 Å². The molecule has 0 spiro atoms. The molecule has 0 radical (unpaired) electrons. The van der Waals surface area contributed by atoms with Gasteiger partial charge in [0.05, 0.1) is 0 Å². The van der Waals surface area contributed by atoms with Crippen LogP contribution in [0.5, 0.6) is 0 Å². The predicted octanol–water partition coefficient (Wildman–Crippen LogP) is 1.55. The number of nitrogens with two attached hydrogens (primary N) is 1. The molecule has 1 aliphatic rings. The summed E-state index contributed by atoms with van der Waals surface area (Å²) in [5.74, 6) is -1.02. The van der Waals surface area contributed by atoms with Crippen molar-refractivity contribution in [3.05, 3.63) is 65.2 Å². The molecule has 0 bridgehead atoms. The molecule has 0 aliphatic carbocycles. The van der Waals surface area contributed by atoms with Crippen LogP contribution < -0.4 is 16.0 Å². The molecule has 25 heavy (non-hydrogen) atoms. The van der Waals surface area contributed by atoms with E-state index in [1.165, 1.54) is 6.92 Å². The lowest BCUT2D eigenvalue weighted by molar-refractivity contribution is -0.120. The molecular weight excluding hydrogens is 318 g/mol. The quantitative estimate of drug-likeness (QED) is 0.886. The van der Waals surface area contributed by atoms with Gasteiger partial charge in [0.25, 0.3) is 5.91 Å². The van der Waals surface area contributed by atoms with Crippen LogP contribution in [0.1, 0.15) is 34.5 Å². The molecule has 3 rings (SSSR count). The van der Waals surface area contributed by atoms with Gasteiger partial charge in [0, 0.05) is 24.7 Å². The number of carbonyl (C=O) groups is 3. The predicted molar refractivity (Wildman–Crippen MR) is 94.0 cm³/mol. The van der Waals surface area contributed by atoms with Crippen LogP contribution in [-0.2, 0) is 16.0 Å². The fraction of sp³-hybridized carbons (Fsp3) is 0.211. The van der Waals surface area contributed by atoms with Gasteiger partial charge in [0.2, 0.25) is 11.8 Å². The van der Waals surface area contributed by atoms with Crippen molar-refractivity contribution in [3.63, 3.8) is 0 Å². The molecule has 1 unspecified atom stereocenters. The van der Waals surface area contributed by atoms with E-state index in [0.717, 1.165) is 11.3 Å². The maximum Gasteiger partial charge on any atom is 0.252 e. The Morgan fingerprint density at radius 2 is 1.84 bits per heavy atom. The molecule has 1 heterocycles. The summed E-state index contributed by atoms with van der Waals surface area (Å²) in [4.78, 5) is 37.6. The van der Waals surface area contributed by atoms with E-state index in [0.29, 0.717) is 24.1 Å². The van der Waals surface area contributed by atoms with Crippen LogP contribution >= 0.6 is 0 Å². The number of anilines is 1. The number of fused-ring (bicyclic) bond motifs is 1. The summed E-state index contributed by atoms with van der Waals surface area (Å²) in [6.07, 6.45) is 0.702. The normalized spacial score (nSPS) is 13.9. The first kappa shape index (κ1) is 16.7. The molecule has 128 valence electrons. The minimum atomic E-state index is -0.893. The number of hydrogen-bond acceptors (Lipinski definition) is 3. The van der Waals surface area contributed by atoms with Crippen LogP contribution in [0.4, 0.5) is 5.69 Å². The third kappa shape index (κ3) is 3.38. The van der Waals surface area contributed by atoms with E-state index in [1.807, 2.05) is 6.07 Å². The smallest absolute Gasteiger partial charge is 0.252 e. The van der Waals surface area contributed by atoms with Gasteiger partial charge in [-0.15, -0.1) is 0 Å². The molecule has 0 saturated heterocycles. The van der Waals surface area contributed by atoms with Gasteiger partial charge in [-0.25, -0.2) is 0 Å². The standard InChI is InChI=1S/C19H19N3O3/c1-12(23)22-10-9-14-11-15(7-8-16(14)22)19(25)21-17(18(20)24)13-5-3-2-4-6-13/h2-8,11,17H,9-10H2,1H3,(H2,20,24)(H,21,25). The van der Waals surface area contributed by atoms with Gasteiger partial charge >= 0.3 is 0 Å². The van der Waals surface area contributed by atoms with Crippen LogP contribution in [0, 0.1) is 0 Å². The zero-order valence-corrected chi connectivity index (χ0v) is 13.9. The van der Waals surface area contributed by atoms with Crippen molar-refractivity contribution >= 4 is 23.4 Å². The molecule has 6 heteroatoms. The van der Waals surface area contributed by atoms with E-state index >= 15 is 0 Å². The third-order valence-electron chi connectivity index (χ3n) is 4.31. The summed E-state index contributed by atoms with van der Waals surface area (Å²) in [5, 5.41) is 2.68. The van der Waals surface area contributed by atoms with Gasteiger partial charge in [-0.05, 0) is 35.7 Å². The van der Waals surface area contributed by atoms with Crippen molar-refractivity contribution in [2.45, 2.75) is 19.4 Å². The molecule has 0 fully saturated rings. The van der Waals surface area contributed by atoms with Crippen LogP contribution in [0.25, 0.3) is 0 Å². The second-order valence-electron chi connectivity index (χ2n) is 5.98. The van der Waals surface area contributed by atoms with Crippen molar-refractivity contribution in [2.75, 3.05) is 11.4 Å². The highest BCUT2D eigenvalue weighted by atomic mass is 16.2. The van der Waals surface area contributed by atoms with E-state index in [4.69, 9.17) is 5.73 Å². The average Bonchev–Trinajstić information content (AvgIpc) is 3.03. The molecule has 1 aliphatic heterocycles. The third-order valence-corrected chi connectivity index (χ3v) is 4.31. The van der Waals surface area contributed by atoms with Gasteiger partial charge in [-0.3, -0.25) is 14.4 Å². The summed E-state index contributed by atoms with van der Waals surface area (Å²) in [7, 11) is 0. The van der Waals surface area contributed by atoms with Crippen molar-refractivity contribution in [1.82, 2.24) is 5.32 Å². The minimum absolute atomic E-state index is 0.0196. The summed E-state index contributed by atoms with van der Waals surface area (Å²) in [6.45, 7) is 2.14. The summed E-state index contributed by atoms with van der Waals surface area (Å²) >= 11 is 0. The highest BCUT2D eigenvalue weighted by Crippen LogP contribution is 2.29. The Labute approximate surface area is 145 Å². The molecule has 0 saturated carbocycles. The summed E-state index contributed by atoms with van der Waals surface area (Å²) in [6, 6.07) is 13.1. The number of hydrogen-bond donors (Lipinski definition) is 2. The second-order valence-corrected chi connectivity index (χ2v) is 5.98. The molecule has 1 atom stereocenters. The van der Waals surface area contributed by atoms with E-state index in [2.05, 4.69) is 5.32 Å². The zero-order valence-electron chi connectivity index (χ0n) is 13.9. The monoisotopic (exact) mass is 337 g/mol. The SMILES string of the molecule is CC(=O)N1CCc2cc(C(=O)NC(C(N)=O)c3ccccc3)ccc21. The van der Waals surface area contributed by atoms with Gasteiger partial charge in [-0.1, -0.05) is 30.3 Å². The van der Waals surface area contributed by atoms with Crippen molar-refractivity contribution < 1.29 is 14.4 Å². The largest absolute Gasteiger partial charge is 0.368 e. The molecular formula is C19H19N3O3. The number of nitrogens with one attached hydrogen (secondary N) is 1. The van der Waals surface area contributed by atoms with Gasteiger partial charge in [0.15, 0.2) is 0 Å². The number of carbonyl (C=O) groups excluding carboxylic acids is 3. The number of benzene rings is 2. The maximum atomic E-state index is 12.5. The number of amides is 3. The zero-order chi connectivity index (χ0) is 18.0. The van der Waals surface area contributed by atoms with E-state index in [1.54, 1.807) is 47.4 Å². The van der Waals surface area contributed by atoms with Crippen LogP contribution in [0.15, 0.2) is 48.5 Å². The highest BCUT2D eigenvalue weighted by molar-refractivity contribution is 5.99. The topological polar surface area (TPSA) is 92.5 Å². The van der Waals surface area contributed by atoms with Gasteiger partial charge < -0.3 is 16.0 Å². The molecule has 2 aromatic carbocycles. The summed E-state index contributed by atoms with van der Waals surface area (Å²) in [5.41, 5.74) is 8.28. The molecule has 3 N–H and O–H groups in total. The van der Waals surface area contributed by atoms with Crippen molar-refractivity contribution in [1.29, 1.82) is 0 Å². The molecule has 0 aromatic heterocycles. The Morgan fingerprint density at radius 3 is 2.48 bits per heavy atom. The van der Waals surface area contributed by atoms with E-state index in [-0.39, 0.29) is 11.8 Å². The maximum absolute atomic E-state index is 12.5. The molecule has 6 nitrogen and oxygen atoms in total. The first-order valence-corrected chi connectivity index (χ1v) is 8.03. The lowest BCUT2D eigenvalue weighted by Gasteiger charge is -2.17. The highest BCUT2D eigenvalue weighted by Gasteiger charge is 2.25. The number of rotatable bonds is 4. The first-order valence-electron chi connectivity index (χ1n) is 8.03. The van der Waals surface area contributed by atoms with E-state index < -0.39 is 11.9 Å². The number of primary amides is 1. The molecule has 2 aromatic rings. The van der Waals surface area contributed by atoms with Gasteiger partial charge in [-0.2, -0.15) is 0 Å². The lowest BCUT2D eigenvalue weighted by Crippen LogP contribution is -2.37. The van der Waals surface area contributed by atoms with Gasteiger partial charge in [0.1, 0.15) is 6.04 Å². The second kappa shape index (κ2) is 6.76. The Kier molecular flexibility index (Phi) is 4.52. The Bertz CT molecular complexity index is 833. The Hall–Kier alpha value is -3.15. The van der Waals surface area contributed by atoms with E-state index in [9.17, 15) is 14.4 Å². The minimum Gasteiger partial charge on any atom is -0.368 e. The average molecular weight is 337 g/mol. The Balaban J connectivity index is 1.82. The van der Waals surface area contributed by atoms with Crippen LogP contribution in [0.3, 0.4) is 0 Å².